The van der Waals surface area contributed by atoms with Gasteiger partial charge in [0.1, 0.15) is 5.60 Å². The summed E-state index contributed by atoms with van der Waals surface area (Å²) in [5.74, 6) is 1.23. The molecule has 2 nitrogen and oxygen atoms in total. The van der Waals surface area contributed by atoms with Gasteiger partial charge in [-0.15, -0.1) is 0 Å². The van der Waals surface area contributed by atoms with Crippen LogP contribution in [0.1, 0.15) is 57.8 Å². The van der Waals surface area contributed by atoms with Gasteiger partial charge in [0.2, 0.25) is 0 Å². The standard InChI is InChI=1S/C13H22O2/c1-15-13(9-3-2-4-10-13)12(14)8-7-11-5-6-11/h11H,2-10H2,1H3. The van der Waals surface area contributed by atoms with Crippen LogP contribution >= 0.6 is 0 Å². The average molecular weight is 210 g/mol. The summed E-state index contributed by atoms with van der Waals surface area (Å²) in [6.45, 7) is 0. The van der Waals surface area contributed by atoms with Gasteiger partial charge in [-0.05, 0) is 25.2 Å². The van der Waals surface area contributed by atoms with E-state index in [2.05, 4.69) is 0 Å². The molecule has 15 heavy (non-hydrogen) atoms. The van der Waals surface area contributed by atoms with Crippen molar-refractivity contribution in [3.63, 3.8) is 0 Å². The maximum Gasteiger partial charge on any atom is 0.164 e. The molecule has 0 atom stereocenters. The van der Waals surface area contributed by atoms with Crippen LogP contribution < -0.4 is 0 Å². The number of carbonyl (C=O) groups excluding carboxylic acids is 1. The van der Waals surface area contributed by atoms with Crippen molar-refractivity contribution in [2.75, 3.05) is 7.11 Å². The molecule has 0 aromatic rings. The lowest BCUT2D eigenvalue weighted by atomic mass is 9.80. The van der Waals surface area contributed by atoms with Crippen LogP contribution in [0.2, 0.25) is 0 Å². The predicted molar refractivity (Wildman–Crippen MR) is 59.8 cm³/mol. The normalized spacial score (nSPS) is 25.1. The average Bonchev–Trinajstić information content (AvgIpc) is 3.10. The molecular weight excluding hydrogens is 188 g/mol. The maximum absolute atomic E-state index is 12.2. The zero-order chi connectivity index (χ0) is 10.7. The molecular formula is C13H22O2. The minimum Gasteiger partial charge on any atom is -0.370 e. The molecule has 0 N–H and O–H groups in total. The maximum atomic E-state index is 12.2. The summed E-state index contributed by atoms with van der Waals surface area (Å²) < 4.78 is 5.54. The molecule has 0 spiro atoms. The van der Waals surface area contributed by atoms with Crippen molar-refractivity contribution < 1.29 is 9.53 Å². The topological polar surface area (TPSA) is 26.3 Å². The summed E-state index contributed by atoms with van der Waals surface area (Å²) in [6.07, 6.45) is 10.0. The second kappa shape index (κ2) is 4.65. The van der Waals surface area contributed by atoms with Gasteiger partial charge in [0, 0.05) is 13.5 Å². The Morgan fingerprint density at radius 2 is 1.93 bits per heavy atom. The van der Waals surface area contributed by atoms with Crippen LogP contribution in [0.4, 0.5) is 0 Å². The number of ketones is 1. The summed E-state index contributed by atoms with van der Waals surface area (Å²) in [7, 11) is 1.71. The molecule has 0 amide bonds. The van der Waals surface area contributed by atoms with E-state index in [-0.39, 0.29) is 0 Å². The Balaban J connectivity index is 1.87. The monoisotopic (exact) mass is 210 g/mol. The van der Waals surface area contributed by atoms with Gasteiger partial charge in [-0.1, -0.05) is 32.1 Å². The minimum atomic E-state index is -0.396. The van der Waals surface area contributed by atoms with Gasteiger partial charge in [0.05, 0.1) is 0 Å². The molecule has 0 aromatic carbocycles. The minimum absolute atomic E-state index is 0.372. The molecule has 2 aliphatic carbocycles. The first-order valence-corrected chi connectivity index (χ1v) is 6.35. The first-order chi connectivity index (χ1) is 7.27. The Morgan fingerprint density at radius 3 is 2.47 bits per heavy atom. The summed E-state index contributed by atoms with van der Waals surface area (Å²) >= 11 is 0. The quantitative estimate of drug-likeness (QED) is 0.697. The van der Waals surface area contributed by atoms with E-state index in [9.17, 15) is 4.79 Å². The lowest BCUT2D eigenvalue weighted by Gasteiger charge is -2.34. The largest absolute Gasteiger partial charge is 0.370 e. The molecule has 0 bridgehead atoms. The highest BCUT2D eigenvalue weighted by molar-refractivity contribution is 5.87. The summed E-state index contributed by atoms with van der Waals surface area (Å²) in [5, 5.41) is 0. The van der Waals surface area contributed by atoms with Gasteiger partial charge in [0.25, 0.3) is 0 Å². The highest BCUT2D eigenvalue weighted by Crippen LogP contribution is 2.37. The second-order valence-corrected chi connectivity index (χ2v) is 5.16. The van der Waals surface area contributed by atoms with Crippen molar-refractivity contribution >= 4 is 5.78 Å². The Kier molecular flexibility index (Phi) is 3.45. The molecule has 86 valence electrons. The van der Waals surface area contributed by atoms with E-state index < -0.39 is 5.60 Å². The summed E-state index contributed by atoms with van der Waals surface area (Å²) in [5.41, 5.74) is -0.396. The molecule has 2 aliphatic rings. The third-order valence-corrected chi connectivity index (χ3v) is 4.04. The van der Waals surface area contributed by atoms with E-state index in [0.29, 0.717) is 5.78 Å². The van der Waals surface area contributed by atoms with Crippen molar-refractivity contribution in [1.82, 2.24) is 0 Å². The third-order valence-electron chi connectivity index (χ3n) is 4.04. The van der Waals surface area contributed by atoms with E-state index in [1.54, 1.807) is 7.11 Å². The SMILES string of the molecule is COC1(C(=O)CCC2CC2)CCCCC1. The van der Waals surface area contributed by atoms with Gasteiger partial charge < -0.3 is 4.74 Å². The van der Waals surface area contributed by atoms with Crippen LogP contribution in [0.25, 0.3) is 0 Å². The molecule has 0 aromatic heterocycles. The lowest BCUT2D eigenvalue weighted by molar-refractivity contribution is -0.145. The van der Waals surface area contributed by atoms with Gasteiger partial charge in [-0.3, -0.25) is 4.79 Å². The van der Waals surface area contributed by atoms with Crippen LogP contribution in [-0.4, -0.2) is 18.5 Å². The number of methoxy groups -OCH3 is 1. The molecule has 0 unspecified atom stereocenters. The molecule has 0 aliphatic heterocycles. The molecule has 2 rings (SSSR count). The van der Waals surface area contributed by atoms with E-state index in [1.165, 1.54) is 19.3 Å². The third kappa shape index (κ3) is 2.60. The molecule has 2 fully saturated rings. The van der Waals surface area contributed by atoms with Crippen molar-refractivity contribution in [1.29, 1.82) is 0 Å². The van der Waals surface area contributed by atoms with Crippen LogP contribution in [0, 0.1) is 5.92 Å². The smallest absolute Gasteiger partial charge is 0.164 e. The second-order valence-electron chi connectivity index (χ2n) is 5.16. The van der Waals surface area contributed by atoms with E-state index in [1.807, 2.05) is 0 Å². The number of ether oxygens (including phenoxy) is 1. The van der Waals surface area contributed by atoms with Crippen molar-refractivity contribution in [3.8, 4) is 0 Å². The molecule has 0 radical (unpaired) electrons. The van der Waals surface area contributed by atoms with Crippen molar-refractivity contribution in [2.24, 2.45) is 5.92 Å². The fourth-order valence-corrected chi connectivity index (χ4v) is 2.69. The summed E-state index contributed by atoms with van der Waals surface area (Å²) in [6, 6.07) is 0. The fraction of sp³-hybridized carbons (Fsp3) is 0.923. The summed E-state index contributed by atoms with van der Waals surface area (Å²) in [4.78, 5) is 12.2. The number of hydrogen-bond acceptors (Lipinski definition) is 2. The van der Waals surface area contributed by atoms with Gasteiger partial charge in [-0.25, -0.2) is 0 Å². The van der Waals surface area contributed by atoms with Crippen LogP contribution in [0.5, 0.6) is 0 Å². The van der Waals surface area contributed by atoms with Gasteiger partial charge in [0.15, 0.2) is 5.78 Å². The van der Waals surface area contributed by atoms with Crippen LogP contribution in [0.3, 0.4) is 0 Å². The lowest BCUT2D eigenvalue weighted by Crippen LogP contribution is -2.42. The Hall–Kier alpha value is -0.370. The Morgan fingerprint density at radius 1 is 1.27 bits per heavy atom. The van der Waals surface area contributed by atoms with Gasteiger partial charge in [-0.2, -0.15) is 0 Å². The predicted octanol–water partition coefficient (Wildman–Crippen LogP) is 3.10. The Labute approximate surface area is 92.4 Å². The molecule has 2 saturated carbocycles. The number of carbonyl (C=O) groups is 1. The fourth-order valence-electron chi connectivity index (χ4n) is 2.69. The molecule has 0 saturated heterocycles. The van der Waals surface area contributed by atoms with Crippen molar-refractivity contribution in [2.45, 2.75) is 63.4 Å². The number of rotatable bonds is 5. The first-order valence-electron chi connectivity index (χ1n) is 6.35. The molecule has 0 heterocycles. The number of Topliss-reactive ketones (excluding diaryl/α,β-unsaturated/α-hetero) is 1. The number of hydrogen-bond donors (Lipinski definition) is 0. The first kappa shape index (κ1) is 11.1. The van der Waals surface area contributed by atoms with Crippen molar-refractivity contribution in [3.05, 3.63) is 0 Å². The highest BCUT2D eigenvalue weighted by Gasteiger charge is 2.39. The van der Waals surface area contributed by atoms with E-state index >= 15 is 0 Å². The molecule has 2 heteroatoms. The Bertz CT molecular complexity index is 225. The van der Waals surface area contributed by atoms with E-state index in [0.717, 1.165) is 44.4 Å². The van der Waals surface area contributed by atoms with Crippen LogP contribution in [0.15, 0.2) is 0 Å². The highest BCUT2D eigenvalue weighted by atomic mass is 16.5. The zero-order valence-electron chi connectivity index (χ0n) is 9.76. The van der Waals surface area contributed by atoms with Crippen LogP contribution in [-0.2, 0) is 9.53 Å². The van der Waals surface area contributed by atoms with E-state index in [4.69, 9.17) is 4.74 Å². The van der Waals surface area contributed by atoms with Gasteiger partial charge >= 0.3 is 0 Å². The zero-order valence-corrected chi connectivity index (χ0v) is 9.76.